The number of hydrogen-bond donors (Lipinski definition) is 1. The van der Waals surface area contributed by atoms with Gasteiger partial charge in [-0.25, -0.2) is 0 Å². The summed E-state index contributed by atoms with van der Waals surface area (Å²) in [6, 6.07) is 1.28. The SMILES string of the molecule is CCCC(C)NC1CCOC1. The van der Waals surface area contributed by atoms with Crippen molar-refractivity contribution in [2.45, 2.75) is 45.2 Å². The van der Waals surface area contributed by atoms with Gasteiger partial charge in [-0.3, -0.25) is 0 Å². The Morgan fingerprint density at radius 1 is 1.64 bits per heavy atom. The Balaban J connectivity index is 2.08. The van der Waals surface area contributed by atoms with Crippen molar-refractivity contribution in [2.75, 3.05) is 13.2 Å². The highest BCUT2D eigenvalue weighted by Gasteiger charge is 2.16. The van der Waals surface area contributed by atoms with Crippen LogP contribution in [0.25, 0.3) is 0 Å². The van der Waals surface area contributed by atoms with Gasteiger partial charge in [-0.05, 0) is 19.8 Å². The summed E-state index contributed by atoms with van der Waals surface area (Å²) in [5.41, 5.74) is 0. The maximum atomic E-state index is 5.27. The van der Waals surface area contributed by atoms with Crippen LogP contribution in [-0.4, -0.2) is 25.3 Å². The van der Waals surface area contributed by atoms with Crippen molar-refractivity contribution >= 4 is 0 Å². The van der Waals surface area contributed by atoms with Gasteiger partial charge in [-0.1, -0.05) is 13.3 Å². The molecule has 1 aliphatic rings. The topological polar surface area (TPSA) is 21.3 Å². The predicted molar refractivity (Wildman–Crippen MR) is 46.7 cm³/mol. The van der Waals surface area contributed by atoms with E-state index in [0.717, 1.165) is 13.2 Å². The second kappa shape index (κ2) is 4.73. The van der Waals surface area contributed by atoms with E-state index in [9.17, 15) is 0 Å². The fourth-order valence-corrected chi connectivity index (χ4v) is 1.58. The summed E-state index contributed by atoms with van der Waals surface area (Å²) in [6.07, 6.45) is 3.73. The van der Waals surface area contributed by atoms with Gasteiger partial charge in [0.15, 0.2) is 0 Å². The summed E-state index contributed by atoms with van der Waals surface area (Å²) < 4.78 is 5.27. The molecule has 1 rings (SSSR count). The minimum atomic E-state index is 0.622. The lowest BCUT2D eigenvalue weighted by Crippen LogP contribution is -2.36. The summed E-state index contributed by atoms with van der Waals surface area (Å²) in [4.78, 5) is 0. The van der Waals surface area contributed by atoms with Crippen molar-refractivity contribution < 1.29 is 4.74 Å². The Kier molecular flexibility index (Phi) is 3.87. The van der Waals surface area contributed by atoms with E-state index in [1.54, 1.807) is 0 Å². The first-order valence-corrected chi connectivity index (χ1v) is 4.66. The van der Waals surface area contributed by atoms with E-state index in [-0.39, 0.29) is 0 Å². The Bertz CT molecular complexity index is 99.7. The third-order valence-corrected chi connectivity index (χ3v) is 2.17. The molecule has 2 nitrogen and oxygen atoms in total. The summed E-state index contributed by atoms with van der Waals surface area (Å²) in [5.74, 6) is 0. The maximum Gasteiger partial charge on any atom is 0.0620 e. The summed E-state index contributed by atoms with van der Waals surface area (Å²) in [6.45, 7) is 6.33. The molecule has 0 amide bonds. The lowest BCUT2D eigenvalue weighted by atomic mass is 10.1. The fraction of sp³-hybridized carbons (Fsp3) is 1.00. The lowest BCUT2D eigenvalue weighted by Gasteiger charge is -2.16. The maximum absolute atomic E-state index is 5.27. The van der Waals surface area contributed by atoms with E-state index < -0.39 is 0 Å². The van der Waals surface area contributed by atoms with E-state index in [1.165, 1.54) is 19.3 Å². The fourth-order valence-electron chi connectivity index (χ4n) is 1.58. The molecule has 1 fully saturated rings. The van der Waals surface area contributed by atoms with Gasteiger partial charge >= 0.3 is 0 Å². The third kappa shape index (κ3) is 3.21. The second-order valence-corrected chi connectivity index (χ2v) is 3.42. The molecule has 0 aromatic rings. The predicted octanol–water partition coefficient (Wildman–Crippen LogP) is 1.55. The van der Waals surface area contributed by atoms with Crippen molar-refractivity contribution in [2.24, 2.45) is 0 Å². The van der Waals surface area contributed by atoms with Crippen LogP contribution < -0.4 is 5.32 Å². The van der Waals surface area contributed by atoms with E-state index in [2.05, 4.69) is 19.2 Å². The molecule has 2 unspecified atom stereocenters. The molecule has 0 aromatic carbocycles. The highest BCUT2D eigenvalue weighted by molar-refractivity contribution is 4.74. The average molecular weight is 157 g/mol. The molecule has 11 heavy (non-hydrogen) atoms. The minimum Gasteiger partial charge on any atom is -0.380 e. The van der Waals surface area contributed by atoms with Crippen LogP contribution in [0, 0.1) is 0 Å². The van der Waals surface area contributed by atoms with E-state index in [1.807, 2.05) is 0 Å². The first-order valence-electron chi connectivity index (χ1n) is 4.66. The molecule has 0 spiro atoms. The van der Waals surface area contributed by atoms with Crippen LogP contribution in [0.3, 0.4) is 0 Å². The van der Waals surface area contributed by atoms with Gasteiger partial charge in [0.25, 0.3) is 0 Å². The molecule has 0 aliphatic carbocycles. The number of hydrogen-bond acceptors (Lipinski definition) is 2. The summed E-state index contributed by atoms with van der Waals surface area (Å²) >= 11 is 0. The van der Waals surface area contributed by atoms with Crippen LogP contribution in [0.15, 0.2) is 0 Å². The molecule has 1 saturated heterocycles. The molecule has 1 heterocycles. The number of rotatable bonds is 4. The van der Waals surface area contributed by atoms with Crippen molar-refractivity contribution in [3.63, 3.8) is 0 Å². The number of nitrogens with one attached hydrogen (secondary N) is 1. The molecule has 0 saturated carbocycles. The van der Waals surface area contributed by atoms with Crippen LogP contribution in [0.1, 0.15) is 33.1 Å². The zero-order valence-corrected chi connectivity index (χ0v) is 7.60. The molecule has 0 radical (unpaired) electrons. The standard InChI is InChI=1S/C9H19NO/c1-3-4-8(2)10-9-5-6-11-7-9/h8-10H,3-7H2,1-2H3. The average Bonchev–Trinajstić information content (AvgIpc) is 2.40. The molecule has 1 N–H and O–H groups in total. The smallest absolute Gasteiger partial charge is 0.0620 e. The van der Waals surface area contributed by atoms with Crippen LogP contribution in [0.5, 0.6) is 0 Å². The van der Waals surface area contributed by atoms with Gasteiger partial charge in [0.2, 0.25) is 0 Å². The molecule has 0 bridgehead atoms. The van der Waals surface area contributed by atoms with Crippen molar-refractivity contribution in [3.8, 4) is 0 Å². The Hall–Kier alpha value is -0.0800. The largest absolute Gasteiger partial charge is 0.380 e. The quantitative estimate of drug-likeness (QED) is 0.668. The zero-order chi connectivity index (χ0) is 8.10. The summed E-state index contributed by atoms with van der Waals surface area (Å²) in [7, 11) is 0. The summed E-state index contributed by atoms with van der Waals surface area (Å²) in [5, 5.41) is 3.55. The minimum absolute atomic E-state index is 0.622. The molecule has 0 aromatic heterocycles. The van der Waals surface area contributed by atoms with Crippen LogP contribution in [0.2, 0.25) is 0 Å². The first kappa shape index (κ1) is 9.01. The zero-order valence-electron chi connectivity index (χ0n) is 7.60. The highest BCUT2D eigenvalue weighted by Crippen LogP contribution is 2.06. The molecular weight excluding hydrogens is 138 g/mol. The Labute approximate surface area is 69.3 Å². The van der Waals surface area contributed by atoms with Crippen LogP contribution >= 0.6 is 0 Å². The normalized spacial score (nSPS) is 27.3. The van der Waals surface area contributed by atoms with E-state index in [4.69, 9.17) is 4.74 Å². The van der Waals surface area contributed by atoms with E-state index in [0.29, 0.717) is 12.1 Å². The first-order chi connectivity index (χ1) is 5.33. The highest BCUT2D eigenvalue weighted by atomic mass is 16.5. The molecule has 2 heteroatoms. The molecule has 1 aliphatic heterocycles. The lowest BCUT2D eigenvalue weighted by molar-refractivity contribution is 0.188. The van der Waals surface area contributed by atoms with Crippen LogP contribution in [-0.2, 0) is 4.74 Å². The second-order valence-electron chi connectivity index (χ2n) is 3.42. The Morgan fingerprint density at radius 2 is 2.45 bits per heavy atom. The van der Waals surface area contributed by atoms with Crippen molar-refractivity contribution in [1.29, 1.82) is 0 Å². The van der Waals surface area contributed by atoms with Crippen molar-refractivity contribution in [3.05, 3.63) is 0 Å². The van der Waals surface area contributed by atoms with Gasteiger partial charge in [0.05, 0.1) is 6.61 Å². The van der Waals surface area contributed by atoms with Gasteiger partial charge in [0.1, 0.15) is 0 Å². The Morgan fingerprint density at radius 3 is 3.00 bits per heavy atom. The molecule has 2 atom stereocenters. The van der Waals surface area contributed by atoms with Gasteiger partial charge in [0, 0.05) is 18.7 Å². The molecular formula is C9H19NO. The monoisotopic (exact) mass is 157 g/mol. The third-order valence-electron chi connectivity index (χ3n) is 2.17. The van der Waals surface area contributed by atoms with Crippen LogP contribution in [0.4, 0.5) is 0 Å². The number of ether oxygens (including phenoxy) is 1. The molecule has 66 valence electrons. The van der Waals surface area contributed by atoms with Crippen molar-refractivity contribution in [1.82, 2.24) is 5.32 Å². The van der Waals surface area contributed by atoms with Gasteiger partial charge in [-0.2, -0.15) is 0 Å². The van der Waals surface area contributed by atoms with E-state index >= 15 is 0 Å². The van der Waals surface area contributed by atoms with Gasteiger partial charge < -0.3 is 10.1 Å². The van der Waals surface area contributed by atoms with Gasteiger partial charge in [-0.15, -0.1) is 0 Å².